The third-order valence-corrected chi connectivity index (χ3v) is 4.06. The molecule has 0 aromatic heterocycles. The van der Waals surface area contributed by atoms with Gasteiger partial charge in [0.05, 0.1) is 6.10 Å². The van der Waals surface area contributed by atoms with Crippen LogP contribution in [0, 0.1) is 10.8 Å². The fraction of sp³-hybridized carbons (Fsp3) is 1.00. The molecule has 0 amide bonds. The van der Waals surface area contributed by atoms with Crippen LogP contribution in [0.4, 0.5) is 0 Å². The third kappa shape index (κ3) is 2.70. The Bertz CT molecular complexity index is 147. The lowest BCUT2D eigenvalue weighted by Crippen LogP contribution is -2.42. The van der Waals surface area contributed by atoms with Gasteiger partial charge >= 0.3 is 0 Å². The molecule has 13 heavy (non-hydrogen) atoms. The zero-order valence-electron chi connectivity index (χ0n) is 10.4. The SMILES string of the molecule is CCOC(C)C(C)(C)C(C)(C)CC. The van der Waals surface area contributed by atoms with E-state index in [9.17, 15) is 0 Å². The zero-order valence-corrected chi connectivity index (χ0v) is 10.4. The molecule has 1 atom stereocenters. The van der Waals surface area contributed by atoms with E-state index < -0.39 is 0 Å². The Kier molecular flexibility index (Phi) is 4.44. The largest absolute Gasteiger partial charge is 0.378 e. The van der Waals surface area contributed by atoms with Crippen molar-refractivity contribution in [2.45, 2.75) is 61.0 Å². The first-order valence-corrected chi connectivity index (χ1v) is 5.41. The van der Waals surface area contributed by atoms with E-state index in [1.54, 1.807) is 0 Å². The standard InChI is InChI=1S/C12H26O/c1-8-11(4,5)12(6,7)10(3)13-9-2/h10H,8-9H2,1-7H3. The molecular weight excluding hydrogens is 160 g/mol. The average molecular weight is 186 g/mol. The molecule has 0 rings (SSSR count). The maximum atomic E-state index is 5.69. The maximum Gasteiger partial charge on any atom is 0.0602 e. The minimum atomic E-state index is 0.234. The minimum absolute atomic E-state index is 0.234. The van der Waals surface area contributed by atoms with Gasteiger partial charge in [-0.1, -0.05) is 41.0 Å². The molecule has 0 aromatic rings. The molecular formula is C12H26O. The van der Waals surface area contributed by atoms with Gasteiger partial charge in [-0.15, -0.1) is 0 Å². The normalized spacial score (nSPS) is 15.9. The summed E-state index contributed by atoms with van der Waals surface area (Å²) >= 11 is 0. The quantitative estimate of drug-likeness (QED) is 0.633. The van der Waals surface area contributed by atoms with Crippen molar-refractivity contribution < 1.29 is 4.74 Å². The summed E-state index contributed by atoms with van der Waals surface area (Å²) in [5.41, 5.74) is 0.569. The third-order valence-electron chi connectivity index (χ3n) is 4.06. The number of hydrogen-bond acceptors (Lipinski definition) is 1. The van der Waals surface area contributed by atoms with Crippen LogP contribution >= 0.6 is 0 Å². The van der Waals surface area contributed by atoms with Crippen molar-refractivity contribution in [3.8, 4) is 0 Å². The van der Waals surface area contributed by atoms with Crippen molar-refractivity contribution in [1.29, 1.82) is 0 Å². The van der Waals surface area contributed by atoms with Crippen molar-refractivity contribution in [2.24, 2.45) is 10.8 Å². The van der Waals surface area contributed by atoms with Crippen molar-refractivity contribution >= 4 is 0 Å². The number of rotatable bonds is 5. The van der Waals surface area contributed by atoms with Crippen molar-refractivity contribution in [2.75, 3.05) is 6.61 Å². The summed E-state index contributed by atoms with van der Waals surface area (Å²) in [5.74, 6) is 0. The fourth-order valence-electron chi connectivity index (χ4n) is 1.46. The lowest BCUT2D eigenvalue weighted by Gasteiger charge is -2.45. The highest BCUT2D eigenvalue weighted by Crippen LogP contribution is 2.44. The van der Waals surface area contributed by atoms with Gasteiger partial charge in [0.1, 0.15) is 0 Å². The second-order valence-corrected chi connectivity index (χ2v) is 5.06. The molecule has 0 N–H and O–H groups in total. The van der Waals surface area contributed by atoms with Crippen molar-refractivity contribution in [1.82, 2.24) is 0 Å². The lowest BCUT2D eigenvalue weighted by atomic mass is 9.64. The molecule has 1 unspecified atom stereocenters. The summed E-state index contributed by atoms with van der Waals surface area (Å²) in [6.45, 7) is 16.6. The number of hydrogen-bond donors (Lipinski definition) is 0. The van der Waals surface area contributed by atoms with Crippen LogP contribution in [0.5, 0.6) is 0 Å². The smallest absolute Gasteiger partial charge is 0.0602 e. The van der Waals surface area contributed by atoms with E-state index in [-0.39, 0.29) is 5.41 Å². The summed E-state index contributed by atoms with van der Waals surface area (Å²) < 4.78 is 5.69. The zero-order chi connectivity index (χ0) is 10.7. The van der Waals surface area contributed by atoms with Crippen LogP contribution in [0.25, 0.3) is 0 Å². The molecule has 0 spiro atoms. The number of ether oxygens (including phenoxy) is 1. The molecule has 0 heterocycles. The fourth-order valence-corrected chi connectivity index (χ4v) is 1.46. The summed E-state index contributed by atoms with van der Waals surface area (Å²) in [5, 5.41) is 0. The average Bonchev–Trinajstić information content (AvgIpc) is 2.04. The highest BCUT2D eigenvalue weighted by atomic mass is 16.5. The highest BCUT2D eigenvalue weighted by Gasteiger charge is 2.40. The second kappa shape index (κ2) is 4.45. The van der Waals surface area contributed by atoms with Gasteiger partial charge in [-0.25, -0.2) is 0 Å². The molecule has 0 saturated carbocycles. The van der Waals surface area contributed by atoms with Gasteiger partial charge in [0.25, 0.3) is 0 Å². The molecule has 80 valence electrons. The molecule has 0 aromatic carbocycles. The van der Waals surface area contributed by atoms with Gasteiger partial charge in [0, 0.05) is 6.61 Å². The van der Waals surface area contributed by atoms with Crippen LogP contribution < -0.4 is 0 Å². The van der Waals surface area contributed by atoms with Gasteiger partial charge in [0.2, 0.25) is 0 Å². The summed E-state index contributed by atoms with van der Waals surface area (Å²) in [6.07, 6.45) is 1.52. The van der Waals surface area contributed by atoms with Crippen LogP contribution in [0.2, 0.25) is 0 Å². The Morgan fingerprint density at radius 1 is 1.08 bits per heavy atom. The molecule has 0 radical (unpaired) electrons. The van der Waals surface area contributed by atoms with E-state index in [0.29, 0.717) is 11.5 Å². The molecule has 0 saturated heterocycles. The Morgan fingerprint density at radius 2 is 1.54 bits per heavy atom. The van der Waals surface area contributed by atoms with Gasteiger partial charge < -0.3 is 4.74 Å². The van der Waals surface area contributed by atoms with E-state index in [2.05, 4.69) is 48.5 Å². The highest BCUT2D eigenvalue weighted by molar-refractivity contribution is 4.89. The van der Waals surface area contributed by atoms with Crippen molar-refractivity contribution in [3.05, 3.63) is 0 Å². The Hall–Kier alpha value is -0.0400. The second-order valence-electron chi connectivity index (χ2n) is 5.06. The van der Waals surface area contributed by atoms with Crippen LogP contribution in [0.15, 0.2) is 0 Å². The Labute approximate surface area is 83.9 Å². The van der Waals surface area contributed by atoms with Gasteiger partial charge in [-0.05, 0) is 24.7 Å². The predicted octanol–water partition coefficient (Wildman–Crippen LogP) is 3.87. The molecule has 0 bridgehead atoms. The van der Waals surface area contributed by atoms with E-state index in [1.807, 2.05) is 0 Å². The van der Waals surface area contributed by atoms with E-state index in [1.165, 1.54) is 6.42 Å². The summed E-state index contributed by atoms with van der Waals surface area (Å²) in [4.78, 5) is 0. The summed E-state index contributed by atoms with van der Waals surface area (Å²) in [7, 11) is 0. The van der Waals surface area contributed by atoms with Crippen LogP contribution in [-0.4, -0.2) is 12.7 Å². The molecule has 1 heteroatoms. The molecule has 0 fully saturated rings. The monoisotopic (exact) mass is 186 g/mol. The summed E-state index contributed by atoms with van der Waals surface area (Å²) in [6, 6.07) is 0. The Morgan fingerprint density at radius 3 is 1.85 bits per heavy atom. The predicted molar refractivity (Wildman–Crippen MR) is 58.9 cm³/mol. The van der Waals surface area contributed by atoms with E-state index in [0.717, 1.165) is 6.61 Å². The van der Waals surface area contributed by atoms with Crippen LogP contribution in [0.1, 0.15) is 54.9 Å². The lowest BCUT2D eigenvalue weighted by molar-refractivity contribution is -0.0685. The minimum Gasteiger partial charge on any atom is -0.378 e. The molecule has 0 aliphatic heterocycles. The first-order valence-electron chi connectivity index (χ1n) is 5.41. The molecule has 0 aliphatic rings. The molecule has 0 aliphatic carbocycles. The Balaban J connectivity index is 4.53. The van der Waals surface area contributed by atoms with E-state index in [4.69, 9.17) is 4.74 Å². The van der Waals surface area contributed by atoms with E-state index >= 15 is 0 Å². The van der Waals surface area contributed by atoms with Gasteiger partial charge in [0.15, 0.2) is 0 Å². The van der Waals surface area contributed by atoms with Gasteiger partial charge in [-0.3, -0.25) is 0 Å². The topological polar surface area (TPSA) is 9.23 Å². The first kappa shape index (κ1) is 13.0. The first-order chi connectivity index (χ1) is 5.79. The van der Waals surface area contributed by atoms with Crippen LogP contribution in [0.3, 0.4) is 0 Å². The van der Waals surface area contributed by atoms with Crippen LogP contribution in [-0.2, 0) is 4.74 Å². The van der Waals surface area contributed by atoms with Crippen molar-refractivity contribution in [3.63, 3.8) is 0 Å². The maximum absolute atomic E-state index is 5.69. The molecule has 1 nitrogen and oxygen atoms in total. The van der Waals surface area contributed by atoms with Gasteiger partial charge in [-0.2, -0.15) is 0 Å².